The largest absolute Gasteiger partial charge is 0.340 e. The summed E-state index contributed by atoms with van der Waals surface area (Å²) in [5.41, 5.74) is 1.14. The normalized spacial score (nSPS) is 20.1. The van der Waals surface area contributed by atoms with Gasteiger partial charge in [-0.1, -0.05) is 29.8 Å². The summed E-state index contributed by atoms with van der Waals surface area (Å²) < 4.78 is 0. The summed E-state index contributed by atoms with van der Waals surface area (Å²) in [5.74, 6) is 0.292. The Labute approximate surface area is 173 Å². The third kappa shape index (κ3) is 4.61. The molecular formula is C21H31ClN4O2. The number of rotatable bonds is 3. The van der Waals surface area contributed by atoms with E-state index < -0.39 is 0 Å². The van der Waals surface area contributed by atoms with Crippen LogP contribution in [0.1, 0.15) is 31.4 Å². The fraction of sp³-hybridized carbons (Fsp3) is 0.619. The molecule has 7 heteroatoms. The van der Waals surface area contributed by atoms with Crippen LogP contribution in [0.25, 0.3) is 0 Å². The lowest BCUT2D eigenvalue weighted by Gasteiger charge is -2.41. The smallest absolute Gasteiger partial charge is 0.319 e. The van der Waals surface area contributed by atoms with E-state index in [0.717, 1.165) is 49.6 Å². The molecule has 1 aromatic carbocycles. The van der Waals surface area contributed by atoms with Gasteiger partial charge in [-0.2, -0.15) is 0 Å². The summed E-state index contributed by atoms with van der Waals surface area (Å²) in [5, 5.41) is 0.799. The van der Waals surface area contributed by atoms with Crippen LogP contribution in [-0.4, -0.2) is 84.9 Å². The number of piperazine rings is 1. The van der Waals surface area contributed by atoms with Crippen LogP contribution in [0, 0.1) is 5.92 Å². The van der Waals surface area contributed by atoms with Crippen LogP contribution in [0.2, 0.25) is 5.02 Å². The predicted molar refractivity (Wildman–Crippen MR) is 111 cm³/mol. The van der Waals surface area contributed by atoms with Crippen molar-refractivity contribution < 1.29 is 9.59 Å². The number of piperidine rings is 1. The molecule has 2 fully saturated rings. The average Bonchev–Trinajstić information content (AvgIpc) is 2.72. The molecule has 0 bridgehead atoms. The highest BCUT2D eigenvalue weighted by Crippen LogP contribution is 2.28. The van der Waals surface area contributed by atoms with E-state index in [1.807, 2.05) is 28.0 Å². The van der Waals surface area contributed by atoms with Gasteiger partial charge in [0.1, 0.15) is 0 Å². The summed E-state index contributed by atoms with van der Waals surface area (Å²) >= 11 is 6.35. The number of amides is 3. The second kappa shape index (κ2) is 9.14. The lowest BCUT2D eigenvalue weighted by Crippen LogP contribution is -2.52. The molecule has 2 aliphatic rings. The van der Waals surface area contributed by atoms with Gasteiger partial charge >= 0.3 is 6.03 Å². The molecule has 1 atom stereocenters. The summed E-state index contributed by atoms with van der Waals surface area (Å²) in [6.45, 7) is 6.73. The Bertz CT molecular complexity index is 695. The Morgan fingerprint density at radius 2 is 1.61 bits per heavy atom. The molecule has 0 spiro atoms. The zero-order chi connectivity index (χ0) is 20.3. The van der Waals surface area contributed by atoms with E-state index >= 15 is 0 Å². The molecule has 1 aromatic rings. The van der Waals surface area contributed by atoms with Crippen molar-refractivity contribution in [3.8, 4) is 0 Å². The Morgan fingerprint density at radius 1 is 1.00 bits per heavy atom. The Hall–Kier alpha value is -1.79. The molecule has 0 saturated carbocycles. The number of hydrogen-bond acceptors (Lipinski definition) is 3. The fourth-order valence-electron chi connectivity index (χ4n) is 4.20. The molecule has 28 heavy (non-hydrogen) atoms. The highest BCUT2D eigenvalue weighted by molar-refractivity contribution is 6.31. The van der Waals surface area contributed by atoms with Crippen molar-refractivity contribution >= 4 is 23.5 Å². The van der Waals surface area contributed by atoms with Crippen molar-refractivity contribution in [2.75, 3.05) is 53.4 Å². The number of benzene rings is 1. The van der Waals surface area contributed by atoms with Crippen molar-refractivity contribution in [1.82, 2.24) is 19.6 Å². The van der Waals surface area contributed by atoms with Gasteiger partial charge in [0, 0.05) is 70.3 Å². The third-order valence-corrected chi connectivity index (χ3v) is 6.37. The first-order chi connectivity index (χ1) is 13.4. The number of hydrogen-bond donors (Lipinski definition) is 0. The van der Waals surface area contributed by atoms with Crippen LogP contribution in [0.3, 0.4) is 0 Å². The Morgan fingerprint density at radius 3 is 2.18 bits per heavy atom. The lowest BCUT2D eigenvalue weighted by molar-refractivity contribution is -0.139. The third-order valence-electron chi connectivity index (χ3n) is 6.03. The molecule has 0 radical (unpaired) electrons. The van der Waals surface area contributed by atoms with E-state index in [0.29, 0.717) is 13.1 Å². The minimum atomic E-state index is 0.0353. The Kier molecular flexibility index (Phi) is 6.83. The first kappa shape index (κ1) is 20.9. The molecule has 0 N–H and O–H groups in total. The Balaban J connectivity index is 1.49. The SMILES string of the molecule is CC(c1ccccc1Cl)N1CCN(C(=O)C2CCN(C(=O)N(C)C)CC2)CC1. The van der Waals surface area contributed by atoms with Gasteiger partial charge in [0.25, 0.3) is 0 Å². The number of carbonyl (C=O) groups is 2. The van der Waals surface area contributed by atoms with E-state index in [2.05, 4.69) is 17.9 Å². The minimum Gasteiger partial charge on any atom is -0.340 e. The summed E-state index contributed by atoms with van der Waals surface area (Å²) in [7, 11) is 3.53. The molecule has 0 aromatic heterocycles. The molecule has 6 nitrogen and oxygen atoms in total. The maximum absolute atomic E-state index is 12.9. The van der Waals surface area contributed by atoms with Gasteiger partial charge in [-0.25, -0.2) is 4.79 Å². The molecule has 2 saturated heterocycles. The van der Waals surface area contributed by atoms with Crippen molar-refractivity contribution in [3.05, 3.63) is 34.9 Å². The minimum absolute atomic E-state index is 0.0353. The van der Waals surface area contributed by atoms with Gasteiger partial charge in [-0.15, -0.1) is 0 Å². The average molecular weight is 407 g/mol. The van der Waals surface area contributed by atoms with Gasteiger partial charge in [0.05, 0.1) is 0 Å². The quantitative estimate of drug-likeness (QED) is 0.775. The van der Waals surface area contributed by atoms with Crippen molar-refractivity contribution in [3.63, 3.8) is 0 Å². The molecule has 0 aliphatic carbocycles. The zero-order valence-electron chi connectivity index (χ0n) is 17.1. The van der Waals surface area contributed by atoms with Gasteiger partial charge < -0.3 is 14.7 Å². The number of halogens is 1. The van der Waals surface area contributed by atoms with E-state index in [4.69, 9.17) is 11.6 Å². The van der Waals surface area contributed by atoms with E-state index in [1.165, 1.54) is 0 Å². The molecule has 2 aliphatic heterocycles. The number of urea groups is 1. The van der Waals surface area contributed by atoms with Gasteiger partial charge in [-0.05, 0) is 31.4 Å². The first-order valence-electron chi connectivity index (χ1n) is 10.1. The molecule has 3 amide bonds. The van der Waals surface area contributed by atoms with Crippen LogP contribution >= 0.6 is 11.6 Å². The first-order valence-corrected chi connectivity index (χ1v) is 10.5. The highest BCUT2D eigenvalue weighted by atomic mass is 35.5. The zero-order valence-corrected chi connectivity index (χ0v) is 17.9. The van der Waals surface area contributed by atoms with Crippen LogP contribution < -0.4 is 0 Å². The summed E-state index contributed by atoms with van der Waals surface area (Å²) in [4.78, 5) is 32.8. The van der Waals surface area contributed by atoms with Crippen molar-refractivity contribution in [1.29, 1.82) is 0 Å². The summed E-state index contributed by atoms with van der Waals surface area (Å²) in [6, 6.07) is 8.25. The number of carbonyl (C=O) groups excluding carboxylic acids is 2. The highest BCUT2D eigenvalue weighted by Gasteiger charge is 2.33. The standard InChI is InChI=1S/C21H31ClN4O2/c1-16(18-6-4-5-7-19(18)22)24-12-14-25(15-13-24)20(27)17-8-10-26(11-9-17)21(28)23(2)3/h4-7,16-17H,8-15H2,1-3H3. The van der Waals surface area contributed by atoms with E-state index in [9.17, 15) is 9.59 Å². The van der Waals surface area contributed by atoms with Crippen LogP contribution in [0.5, 0.6) is 0 Å². The van der Waals surface area contributed by atoms with Crippen LogP contribution in [0.15, 0.2) is 24.3 Å². The number of likely N-dealkylation sites (tertiary alicyclic amines) is 1. The molecule has 1 unspecified atom stereocenters. The van der Waals surface area contributed by atoms with E-state index in [-0.39, 0.29) is 23.9 Å². The summed E-state index contributed by atoms with van der Waals surface area (Å²) in [6.07, 6.45) is 1.52. The topological polar surface area (TPSA) is 47.1 Å². The second-order valence-electron chi connectivity index (χ2n) is 8.00. The lowest BCUT2D eigenvalue weighted by atomic mass is 9.95. The predicted octanol–water partition coefficient (Wildman–Crippen LogP) is 2.94. The monoisotopic (exact) mass is 406 g/mol. The van der Waals surface area contributed by atoms with Crippen molar-refractivity contribution in [2.24, 2.45) is 5.92 Å². The molecule has 2 heterocycles. The molecule has 154 valence electrons. The molecule has 3 rings (SSSR count). The van der Waals surface area contributed by atoms with E-state index in [1.54, 1.807) is 19.0 Å². The fourth-order valence-corrected chi connectivity index (χ4v) is 4.49. The van der Waals surface area contributed by atoms with Crippen LogP contribution in [0.4, 0.5) is 4.79 Å². The maximum Gasteiger partial charge on any atom is 0.319 e. The van der Waals surface area contributed by atoms with Gasteiger partial charge in [0.2, 0.25) is 5.91 Å². The molecular weight excluding hydrogens is 376 g/mol. The van der Waals surface area contributed by atoms with Gasteiger partial charge in [0.15, 0.2) is 0 Å². The van der Waals surface area contributed by atoms with Crippen LogP contribution in [-0.2, 0) is 4.79 Å². The van der Waals surface area contributed by atoms with Crippen molar-refractivity contribution in [2.45, 2.75) is 25.8 Å². The number of nitrogens with zero attached hydrogens (tertiary/aromatic N) is 4. The second-order valence-corrected chi connectivity index (χ2v) is 8.40. The van der Waals surface area contributed by atoms with Gasteiger partial charge in [-0.3, -0.25) is 9.69 Å². The maximum atomic E-state index is 12.9.